The van der Waals surface area contributed by atoms with Crippen LogP contribution in [-0.4, -0.2) is 26.6 Å². The van der Waals surface area contributed by atoms with Gasteiger partial charge < -0.3 is 5.11 Å². The van der Waals surface area contributed by atoms with Crippen LogP contribution in [0.3, 0.4) is 0 Å². The number of hydrogen-bond donors (Lipinski definition) is 1. The van der Waals surface area contributed by atoms with Gasteiger partial charge in [0.2, 0.25) is 0 Å². The molecule has 1 aliphatic rings. The Morgan fingerprint density at radius 2 is 2.11 bits per heavy atom. The van der Waals surface area contributed by atoms with Gasteiger partial charge in [-0.05, 0) is 31.0 Å². The van der Waals surface area contributed by atoms with E-state index in [-0.39, 0.29) is 5.75 Å². The van der Waals surface area contributed by atoms with Gasteiger partial charge in [-0.1, -0.05) is 30.0 Å². The summed E-state index contributed by atoms with van der Waals surface area (Å²) in [5.74, 6) is -0.184. The molecule has 0 aliphatic heterocycles. The van der Waals surface area contributed by atoms with Crippen LogP contribution in [0, 0.1) is 0 Å². The summed E-state index contributed by atoms with van der Waals surface area (Å²) in [5, 5.41) is 14.3. The Kier molecular flexibility index (Phi) is 3.29. The molecular weight excluding hydrogens is 260 g/mol. The van der Waals surface area contributed by atoms with Gasteiger partial charge in [-0.3, -0.25) is 4.79 Å². The van der Waals surface area contributed by atoms with Crippen molar-refractivity contribution in [3.63, 3.8) is 0 Å². The van der Waals surface area contributed by atoms with Crippen molar-refractivity contribution in [2.75, 3.05) is 5.75 Å². The molecular formula is C14H14N2O2S. The highest BCUT2D eigenvalue weighted by atomic mass is 32.2. The van der Waals surface area contributed by atoms with Crippen LogP contribution in [0.25, 0.3) is 5.69 Å². The van der Waals surface area contributed by atoms with E-state index in [4.69, 9.17) is 5.11 Å². The van der Waals surface area contributed by atoms with Crippen molar-refractivity contribution in [2.24, 2.45) is 0 Å². The minimum absolute atomic E-state index is 0.0582. The van der Waals surface area contributed by atoms with Crippen LogP contribution in [0.15, 0.2) is 41.4 Å². The number of para-hydroxylation sites is 1. The second-order valence-electron chi connectivity index (χ2n) is 4.61. The summed E-state index contributed by atoms with van der Waals surface area (Å²) in [7, 11) is 0. The smallest absolute Gasteiger partial charge is 0.313 e. The van der Waals surface area contributed by atoms with Crippen molar-refractivity contribution in [1.29, 1.82) is 0 Å². The average molecular weight is 274 g/mol. The zero-order valence-electron chi connectivity index (χ0n) is 10.3. The number of benzene rings is 1. The van der Waals surface area contributed by atoms with Gasteiger partial charge in [-0.15, -0.1) is 0 Å². The first kappa shape index (κ1) is 12.3. The molecule has 0 atom stereocenters. The third-order valence-electron chi connectivity index (χ3n) is 3.04. The molecule has 0 spiro atoms. The molecule has 3 rings (SSSR count). The number of aromatic nitrogens is 2. The molecule has 1 heterocycles. The summed E-state index contributed by atoms with van der Waals surface area (Å²) in [6.45, 7) is 0. The Labute approximate surface area is 115 Å². The molecule has 1 fully saturated rings. The number of thioether (sulfide) groups is 1. The molecule has 1 aromatic heterocycles. The summed E-state index contributed by atoms with van der Waals surface area (Å²) in [6.07, 6.45) is 2.38. The zero-order chi connectivity index (χ0) is 13.2. The standard InChI is InChI=1S/C14H14N2O2S/c17-14(18)9-19-13-8-12(10-6-7-10)15-16(13)11-4-2-1-3-5-11/h1-5,8,10H,6-7,9H2,(H,17,18). The Hall–Kier alpha value is -1.75. The average Bonchev–Trinajstić information content (AvgIpc) is 3.18. The van der Waals surface area contributed by atoms with Crippen LogP contribution >= 0.6 is 11.8 Å². The van der Waals surface area contributed by atoms with E-state index in [9.17, 15) is 4.79 Å². The summed E-state index contributed by atoms with van der Waals surface area (Å²) in [5.41, 5.74) is 2.05. The van der Waals surface area contributed by atoms with Gasteiger partial charge in [0.1, 0.15) is 5.03 Å². The molecule has 0 unspecified atom stereocenters. The van der Waals surface area contributed by atoms with E-state index in [1.54, 1.807) is 0 Å². The summed E-state index contributed by atoms with van der Waals surface area (Å²) >= 11 is 1.32. The first-order chi connectivity index (χ1) is 9.24. The molecule has 0 saturated heterocycles. The van der Waals surface area contributed by atoms with Gasteiger partial charge in [0.05, 0.1) is 17.1 Å². The lowest BCUT2D eigenvalue weighted by Crippen LogP contribution is -2.02. The molecule has 98 valence electrons. The topological polar surface area (TPSA) is 55.1 Å². The monoisotopic (exact) mass is 274 g/mol. The van der Waals surface area contributed by atoms with Crippen LogP contribution in [0.1, 0.15) is 24.5 Å². The van der Waals surface area contributed by atoms with Gasteiger partial charge in [0.15, 0.2) is 0 Å². The second-order valence-corrected chi connectivity index (χ2v) is 5.61. The molecule has 1 aromatic carbocycles. The highest BCUT2D eigenvalue weighted by Gasteiger charge is 2.27. The largest absolute Gasteiger partial charge is 0.481 e. The first-order valence-electron chi connectivity index (χ1n) is 6.24. The molecule has 1 N–H and O–H groups in total. The van der Waals surface area contributed by atoms with E-state index in [0.717, 1.165) is 16.4 Å². The third-order valence-corrected chi connectivity index (χ3v) is 4.01. The van der Waals surface area contributed by atoms with Crippen LogP contribution in [0.5, 0.6) is 0 Å². The van der Waals surface area contributed by atoms with Gasteiger partial charge >= 0.3 is 5.97 Å². The van der Waals surface area contributed by atoms with Gasteiger partial charge in [0, 0.05) is 5.92 Å². The first-order valence-corrected chi connectivity index (χ1v) is 7.22. The van der Waals surface area contributed by atoms with Crippen molar-refractivity contribution in [2.45, 2.75) is 23.8 Å². The van der Waals surface area contributed by atoms with E-state index in [1.807, 2.05) is 41.1 Å². The van der Waals surface area contributed by atoms with E-state index in [0.29, 0.717) is 5.92 Å². The maximum atomic E-state index is 10.7. The van der Waals surface area contributed by atoms with Crippen LogP contribution in [0.4, 0.5) is 0 Å². The number of nitrogens with zero attached hydrogens (tertiary/aromatic N) is 2. The molecule has 0 bridgehead atoms. The van der Waals surface area contributed by atoms with E-state index >= 15 is 0 Å². The highest BCUT2D eigenvalue weighted by Crippen LogP contribution is 2.40. The molecule has 5 heteroatoms. The van der Waals surface area contributed by atoms with Crippen molar-refractivity contribution >= 4 is 17.7 Å². The molecule has 4 nitrogen and oxygen atoms in total. The number of carboxylic acids is 1. The van der Waals surface area contributed by atoms with Crippen LogP contribution in [0.2, 0.25) is 0 Å². The van der Waals surface area contributed by atoms with Crippen LogP contribution < -0.4 is 0 Å². The molecule has 0 amide bonds. The molecule has 2 aromatic rings. The van der Waals surface area contributed by atoms with E-state index < -0.39 is 5.97 Å². The molecule has 0 radical (unpaired) electrons. The predicted octanol–water partition coefficient (Wildman–Crippen LogP) is 2.93. The minimum Gasteiger partial charge on any atom is -0.481 e. The normalized spacial score (nSPS) is 14.5. The number of aliphatic carboxylic acids is 1. The SMILES string of the molecule is O=C(O)CSc1cc(C2CC2)nn1-c1ccccc1. The minimum atomic E-state index is -0.807. The summed E-state index contributed by atoms with van der Waals surface area (Å²) < 4.78 is 1.85. The van der Waals surface area contributed by atoms with E-state index in [1.165, 1.54) is 24.6 Å². The van der Waals surface area contributed by atoms with Crippen molar-refractivity contribution in [1.82, 2.24) is 9.78 Å². The van der Waals surface area contributed by atoms with Crippen molar-refractivity contribution < 1.29 is 9.90 Å². The number of carbonyl (C=O) groups is 1. The Morgan fingerprint density at radius 1 is 1.37 bits per heavy atom. The fourth-order valence-electron chi connectivity index (χ4n) is 1.95. The Balaban J connectivity index is 1.93. The fraction of sp³-hybridized carbons (Fsp3) is 0.286. The highest BCUT2D eigenvalue weighted by molar-refractivity contribution is 7.99. The lowest BCUT2D eigenvalue weighted by atomic mass is 10.3. The molecule has 19 heavy (non-hydrogen) atoms. The Bertz CT molecular complexity index is 591. The molecule has 1 saturated carbocycles. The fourth-order valence-corrected chi connectivity index (χ4v) is 2.70. The maximum absolute atomic E-state index is 10.7. The maximum Gasteiger partial charge on any atom is 0.313 e. The summed E-state index contributed by atoms with van der Waals surface area (Å²) in [4.78, 5) is 10.7. The van der Waals surface area contributed by atoms with Gasteiger partial charge in [-0.25, -0.2) is 4.68 Å². The predicted molar refractivity (Wildman–Crippen MR) is 73.9 cm³/mol. The number of hydrogen-bond acceptors (Lipinski definition) is 3. The number of carboxylic acid groups (broad SMARTS) is 1. The van der Waals surface area contributed by atoms with E-state index in [2.05, 4.69) is 5.10 Å². The quantitative estimate of drug-likeness (QED) is 0.852. The second kappa shape index (κ2) is 5.09. The lowest BCUT2D eigenvalue weighted by Gasteiger charge is -2.05. The van der Waals surface area contributed by atoms with Crippen molar-refractivity contribution in [3.8, 4) is 5.69 Å². The van der Waals surface area contributed by atoms with Gasteiger partial charge in [-0.2, -0.15) is 5.10 Å². The van der Waals surface area contributed by atoms with Crippen LogP contribution in [-0.2, 0) is 4.79 Å². The van der Waals surface area contributed by atoms with Crippen molar-refractivity contribution in [3.05, 3.63) is 42.1 Å². The summed E-state index contributed by atoms with van der Waals surface area (Å²) in [6, 6.07) is 11.9. The van der Waals surface area contributed by atoms with Gasteiger partial charge in [0.25, 0.3) is 0 Å². The Morgan fingerprint density at radius 3 is 2.74 bits per heavy atom. The number of rotatable bonds is 5. The molecule has 1 aliphatic carbocycles. The third kappa shape index (κ3) is 2.81. The zero-order valence-corrected chi connectivity index (χ0v) is 11.1. The lowest BCUT2D eigenvalue weighted by molar-refractivity contribution is -0.133.